The Bertz CT molecular complexity index is 635. The molecule has 5 nitrogen and oxygen atoms in total. The first-order chi connectivity index (χ1) is 10.6. The molecule has 0 spiro atoms. The van der Waals surface area contributed by atoms with Gasteiger partial charge >= 0.3 is 0 Å². The summed E-state index contributed by atoms with van der Waals surface area (Å²) < 4.78 is 0. The third-order valence-electron chi connectivity index (χ3n) is 4.16. The first-order valence-electron chi connectivity index (χ1n) is 7.82. The van der Waals surface area contributed by atoms with Crippen molar-refractivity contribution in [3.8, 4) is 11.3 Å². The summed E-state index contributed by atoms with van der Waals surface area (Å²) >= 11 is 0. The van der Waals surface area contributed by atoms with Crippen LogP contribution in [0.2, 0.25) is 0 Å². The largest absolute Gasteiger partial charge is 0.324 e. The van der Waals surface area contributed by atoms with E-state index < -0.39 is 0 Å². The minimum absolute atomic E-state index is 0.0279. The van der Waals surface area contributed by atoms with E-state index in [1.165, 1.54) is 0 Å². The first kappa shape index (κ1) is 14.8. The van der Waals surface area contributed by atoms with Gasteiger partial charge in [0.05, 0.1) is 17.9 Å². The van der Waals surface area contributed by atoms with Crippen LogP contribution in [0.15, 0.2) is 36.5 Å². The van der Waals surface area contributed by atoms with Crippen molar-refractivity contribution in [3.05, 3.63) is 36.5 Å². The number of anilines is 1. The van der Waals surface area contributed by atoms with Crippen LogP contribution in [0.3, 0.4) is 0 Å². The molecule has 2 aromatic rings. The Morgan fingerprint density at radius 3 is 2.86 bits per heavy atom. The highest BCUT2D eigenvalue weighted by Gasteiger charge is 2.32. The number of hydrogen-bond donors (Lipinski definition) is 2. The van der Waals surface area contributed by atoms with Gasteiger partial charge in [-0.25, -0.2) is 4.98 Å². The van der Waals surface area contributed by atoms with Crippen LogP contribution in [0.5, 0.6) is 0 Å². The molecule has 0 aliphatic carbocycles. The molecule has 1 aliphatic rings. The molecule has 0 saturated carbocycles. The maximum atomic E-state index is 12.5. The molecule has 2 N–H and O–H groups in total. The predicted octanol–water partition coefficient (Wildman–Crippen LogP) is 2.89. The van der Waals surface area contributed by atoms with Crippen LogP contribution in [-0.4, -0.2) is 39.4 Å². The lowest BCUT2D eigenvalue weighted by molar-refractivity contribution is -0.120. The molecule has 116 valence electrons. The van der Waals surface area contributed by atoms with Gasteiger partial charge in [-0.2, -0.15) is 0 Å². The van der Waals surface area contributed by atoms with Crippen molar-refractivity contribution < 1.29 is 4.79 Å². The summed E-state index contributed by atoms with van der Waals surface area (Å²) in [6.07, 6.45) is 3.74. The molecular weight excluding hydrogens is 276 g/mol. The molecule has 1 fully saturated rings. The molecule has 5 heteroatoms. The zero-order chi connectivity index (χ0) is 15.5. The SMILES string of the molecule is CC(C)N1CCCC1C(=O)Nc1ncc(-c2ccccc2)[nH]1. The molecular formula is C17H22N4O. The standard InChI is InChI=1S/C17H22N4O/c1-12(2)21-10-6-9-15(21)16(22)20-17-18-11-14(19-17)13-7-4-3-5-8-13/h3-5,7-8,11-12,15H,6,9-10H2,1-2H3,(H2,18,19,20,22). The summed E-state index contributed by atoms with van der Waals surface area (Å²) in [7, 11) is 0. The lowest BCUT2D eigenvalue weighted by Gasteiger charge is -2.26. The molecule has 22 heavy (non-hydrogen) atoms. The fourth-order valence-corrected chi connectivity index (χ4v) is 3.04. The maximum Gasteiger partial charge on any atom is 0.244 e. The Morgan fingerprint density at radius 2 is 2.14 bits per heavy atom. The number of hydrogen-bond acceptors (Lipinski definition) is 3. The average molecular weight is 298 g/mol. The summed E-state index contributed by atoms with van der Waals surface area (Å²) in [5.41, 5.74) is 1.96. The molecule has 1 saturated heterocycles. The molecule has 0 radical (unpaired) electrons. The smallest absolute Gasteiger partial charge is 0.244 e. The number of carbonyl (C=O) groups excluding carboxylic acids is 1. The Kier molecular flexibility index (Phi) is 4.24. The monoisotopic (exact) mass is 298 g/mol. The highest BCUT2D eigenvalue weighted by molar-refractivity contribution is 5.93. The van der Waals surface area contributed by atoms with Crippen LogP contribution in [0, 0.1) is 0 Å². The number of carbonyl (C=O) groups is 1. The van der Waals surface area contributed by atoms with Gasteiger partial charge in [-0.05, 0) is 38.8 Å². The van der Waals surface area contributed by atoms with E-state index in [1.54, 1.807) is 6.20 Å². The second-order valence-corrected chi connectivity index (χ2v) is 5.99. The van der Waals surface area contributed by atoms with Crippen LogP contribution in [-0.2, 0) is 4.79 Å². The van der Waals surface area contributed by atoms with Gasteiger partial charge in [0.15, 0.2) is 0 Å². The van der Waals surface area contributed by atoms with E-state index in [0.717, 1.165) is 30.6 Å². The highest BCUT2D eigenvalue weighted by atomic mass is 16.2. The molecule has 1 atom stereocenters. The predicted molar refractivity (Wildman–Crippen MR) is 87.5 cm³/mol. The number of nitrogens with one attached hydrogen (secondary N) is 2. The molecule has 2 heterocycles. The Hall–Kier alpha value is -2.14. The molecule has 3 rings (SSSR count). The maximum absolute atomic E-state index is 12.5. The van der Waals surface area contributed by atoms with Crippen LogP contribution in [0.4, 0.5) is 5.95 Å². The second-order valence-electron chi connectivity index (χ2n) is 5.99. The molecule has 1 aromatic carbocycles. The van der Waals surface area contributed by atoms with Gasteiger partial charge in [-0.3, -0.25) is 15.0 Å². The summed E-state index contributed by atoms with van der Waals surface area (Å²) in [6, 6.07) is 10.3. The lowest BCUT2D eigenvalue weighted by Crippen LogP contribution is -2.43. The number of aromatic amines is 1. The Labute approximate surface area is 130 Å². The third kappa shape index (κ3) is 3.04. The van der Waals surface area contributed by atoms with E-state index in [1.807, 2.05) is 30.3 Å². The van der Waals surface area contributed by atoms with Crippen LogP contribution >= 0.6 is 0 Å². The zero-order valence-corrected chi connectivity index (χ0v) is 13.0. The molecule has 1 aliphatic heterocycles. The molecule has 1 aromatic heterocycles. The quantitative estimate of drug-likeness (QED) is 0.912. The van der Waals surface area contributed by atoms with Crippen molar-refractivity contribution in [2.24, 2.45) is 0 Å². The summed E-state index contributed by atoms with van der Waals surface area (Å²) in [6.45, 7) is 5.25. The fourth-order valence-electron chi connectivity index (χ4n) is 3.04. The van der Waals surface area contributed by atoms with Crippen LogP contribution in [0.1, 0.15) is 26.7 Å². The van der Waals surface area contributed by atoms with Crippen molar-refractivity contribution in [2.75, 3.05) is 11.9 Å². The van der Waals surface area contributed by atoms with Crippen molar-refractivity contribution in [1.29, 1.82) is 0 Å². The summed E-state index contributed by atoms with van der Waals surface area (Å²) in [5.74, 6) is 0.541. The Morgan fingerprint density at radius 1 is 1.36 bits per heavy atom. The van der Waals surface area contributed by atoms with Crippen molar-refractivity contribution in [2.45, 2.75) is 38.8 Å². The summed E-state index contributed by atoms with van der Waals surface area (Å²) in [4.78, 5) is 22.1. The van der Waals surface area contributed by atoms with Crippen molar-refractivity contribution >= 4 is 11.9 Å². The third-order valence-corrected chi connectivity index (χ3v) is 4.16. The van der Waals surface area contributed by atoms with E-state index in [2.05, 4.69) is 34.0 Å². The minimum Gasteiger partial charge on any atom is -0.324 e. The van der Waals surface area contributed by atoms with Gasteiger partial charge in [0, 0.05) is 6.04 Å². The number of rotatable bonds is 4. The normalized spacial score (nSPS) is 18.8. The number of H-pyrrole nitrogens is 1. The highest BCUT2D eigenvalue weighted by Crippen LogP contribution is 2.22. The van der Waals surface area contributed by atoms with E-state index in [-0.39, 0.29) is 11.9 Å². The van der Waals surface area contributed by atoms with Gasteiger partial charge < -0.3 is 4.98 Å². The Balaban J connectivity index is 1.69. The van der Waals surface area contributed by atoms with Crippen LogP contribution in [0.25, 0.3) is 11.3 Å². The minimum atomic E-state index is -0.0507. The number of benzene rings is 1. The average Bonchev–Trinajstić information content (AvgIpc) is 3.17. The topological polar surface area (TPSA) is 61.0 Å². The number of likely N-dealkylation sites (tertiary alicyclic amines) is 1. The van der Waals surface area contributed by atoms with Gasteiger partial charge in [0.2, 0.25) is 11.9 Å². The summed E-state index contributed by atoms with van der Waals surface area (Å²) in [5, 5.41) is 2.91. The van der Waals surface area contributed by atoms with E-state index in [0.29, 0.717) is 12.0 Å². The fraction of sp³-hybridized carbons (Fsp3) is 0.412. The number of amides is 1. The van der Waals surface area contributed by atoms with Crippen molar-refractivity contribution in [3.63, 3.8) is 0 Å². The van der Waals surface area contributed by atoms with Crippen LogP contribution < -0.4 is 5.32 Å². The van der Waals surface area contributed by atoms with Gasteiger partial charge in [-0.1, -0.05) is 30.3 Å². The number of aromatic nitrogens is 2. The van der Waals surface area contributed by atoms with Crippen molar-refractivity contribution in [1.82, 2.24) is 14.9 Å². The molecule has 1 amide bonds. The van der Waals surface area contributed by atoms with Gasteiger partial charge in [0.1, 0.15) is 0 Å². The van der Waals surface area contributed by atoms with Gasteiger partial charge in [0.25, 0.3) is 0 Å². The van der Waals surface area contributed by atoms with E-state index in [9.17, 15) is 4.79 Å². The number of nitrogens with zero attached hydrogens (tertiary/aromatic N) is 2. The molecule has 0 bridgehead atoms. The van der Waals surface area contributed by atoms with E-state index in [4.69, 9.17) is 0 Å². The lowest BCUT2D eigenvalue weighted by atomic mass is 10.2. The first-order valence-corrected chi connectivity index (χ1v) is 7.82. The van der Waals surface area contributed by atoms with E-state index >= 15 is 0 Å². The zero-order valence-electron chi connectivity index (χ0n) is 13.0. The van der Waals surface area contributed by atoms with Gasteiger partial charge in [-0.15, -0.1) is 0 Å². The second kappa shape index (κ2) is 6.32. The number of imidazole rings is 1. The molecule has 1 unspecified atom stereocenters.